The Labute approximate surface area is 116 Å². The number of anilines is 1. The first-order valence-corrected chi connectivity index (χ1v) is 5.95. The zero-order valence-corrected chi connectivity index (χ0v) is 11.9. The van der Waals surface area contributed by atoms with Crippen molar-refractivity contribution in [3.63, 3.8) is 0 Å². The molecule has 0 saturated carbocycles. The number of carboxylic acids is 1. The monoisotopic (exact) mass is 282 g/mol. The summed E-state index contributed by atoms with van der Waals surface area (Å²) in [4.78, 5) is 26.9. The van der Waals surface area contributed by atoms with E-state index in [1.807, 2.05) is 32.8 Å². The Morgan fingerprint density at radius 1 is 1.50 bits per heavy atom. The summed E-state index contributed by atoms with van der Waals surface area (Å²) in [6.07, 6.45) is 0. The molecule has 0 aliphatic carbocycles. The summed E-state index contributed by atoms with van der Waals surface area (Å²) in [7, 11) is 3.77. The van der Waals surface area contributed by atoms with E-state index in [4.69, 9.17) is 5.11 Å². The van der Waals surface area contributed by atoms with Crippen molar-refractivity contribution >= 4 is 17.5 Å². The largest absolute Gasteiger partial charge is 0.477 e. The Hall–Kier alpha value is -2.22. The fourth-order valence-electron chi connectivity index (χ4n) is 1.31. The third kappa shape index (κ3) is 3.64. The van der Waals surface area contributed by atoms with Crippen LogP contribution in [0.3, 0.4) is 0 Å². The van der Waals surface area contributed by atoms with Crippen LogP contribution in [-0.2, 0) is 0 Å². The minimum Gasteiger partial charge on any atom is -0.477 e. The lowest BCUT2D eigenvalue weighted by molar-refractivity contribution is -0.384. The Balaban J connectivity index is 3.05. The summed E-state index contributed by atoms with van der Waals surface area (Å²) in [6, 6.07) is 2.25. The zero-order chi connectivity index (χ0) is 15.5. The van der Waals surface area contributed by atoms with Crippen LogP contribution in [0.25, 0.3) is 0 Å². The molecule has 8 nitrogen and oxygen atoms in total. The van der Waals surface area contributed by atoms with E-state index >= 15 is 0 Å². The lowest BCUT2D eigenvalue weighted by atomic mass is 10.0. The predicted molar refractivity (Wildman–Crippen MR) is 74.1 cm³/mol. The van der Waals surface area contributed by atoms with E-state index in [1.54, 1.807) is 0 Å². The van der Waals surface area contributed by atoms with Crippen LogP contribution < -0.4 is 5.32 Å². The van der Waals surface area contributed by atoms with Crippen LogP contribution in [0.15, 0.2) is 12.1 Å². The van der Waals surface area contributed by atoms with Crippen molar-refractivity contribution in [3.8, 4) is 0 Å². The maximum atomic E-state index is 10.9. The van der Waals surface area contributed by atoms with Crippen molar-refractivity contribution in [2.24, 2.45) is 0 Å². The van der Waals surface area contributed by atoms with Gasteiger partial charge >= 0.3 is 11.7 Å². The molecule has 0 bridgehead atoms. The Morgan fingerprint density at radius 3 is 2.55 bits per heavy atom. The van der Waals surface area contributed by atoms with Gasteiger partial charge in [0.15, 0.2) is 5.69 Å². The van der Waals surface area contributed by atoms with Crippen LogP contribution in [0.4, 0.5) is 11.5 Å². The van der Waals surface area contributed by atoms with Gasteiger partial charge in [-0.05, 0) is 34.0 Å². The molecular weight excluding hydrogens is 264 g/mol. The zero-order valence-electron chi connectivity index (χ0n) is 11.9. The first-order chi connectivity index (χ1) is 9.15. The number of carbonyl (C=O) groups is 1. The lowest BCUT2D eigenvalue weighted by Crippen LogP contribution is -2.44. The highest BCUT2D eigenvalue weighted by Gasteiger charge is 2.24. The van der Waals surface area contributed by atoms with Gasteiger partial charge in [0.2, 0.25) is 5.82 Å². The third-order valence-electron chi connectivity index (χ3n) is 3.19. The van der Waals surface area contributed by atoms with Gasteiger partial charge in [-0.25, -0.2) is 9.78 Å². The number of rotatable bonds is 6. The quantitative estimate of drug-likeness (QED) is 0.600. The average Bonchev–Trinajstić information content (AvgIpc) is 2.35. The van der Waals surface area contributed by atoms with Gasteiger partial charge in [-0.15, -0.1) is 0 Å². The molecule has 0 aliphatic rings. The van der Waals surface area contributed by atoms with Gasteiger partial charge in [-0.3, -0.25) is 10.1 Å². The molecule has 8 heteroatoms. The minimum atomic E-state index is -1.23. The molecule has 0 radical (unpaired) electrons. The highest BCUT2D eigenvalue weighted by molar-refractivity contribution is 5.86. The van der Waals surface area contributed by atoms with Crippen LogP contribution in [0, 0.1) is 10.1 Å². The molecule has 1 aromatic rings. The van der Waals surface area contributed by atoms with E-state index in [0.717, 1.165) is 12.1 Å². The topological polar surface area (TPSA) is 109 Å². The van der Waals surface area contributed by atoms with Crippen molar-refractivity contribution in [1.82, 2.24) is 9.88 Å². The van der Waals surface area contributed by atoms with Gasteiger partial charge in [-0.1, -0.05) is 0 Å². The molecule has 1 aromatic heterocycles. The molecule has 0 spiro atoms. The van der Waals surface area contributed by atoms with E-state index < -0.39 is 10.9 Å². The molecule has 0 atom stereocenters. The van der Waals surface area contributed by atoms with E-state index in [2.05, 4.69) is 10.3 Å². The minimum absolute atomic E-state index is 0.0372. The normalized spacial score (nSPS) is 11.4. The van der Waals surface area contributed by atoms with Gasteiger partial charge in [-0.2, -0.15) is 0 Å². The van der Waals surface area contributed by atoms with Gasteiger partial charge in [0, 0.05) is 18.2 Å². The second kappa shape index (κ2) is 5.83. The van der Waals surface area contributed by atoms with Crippen molar-refractivity contribution < 1.29 is 14.8 Å². The average molecular weight is 282 g/mol. The number of carboxylic acid groups (broad SMARTS) is 1. The number of hydrogen-bond donors (Lipinski definition) is 2. The molecule has 0 aromatic carbocycles. The number of pyridine rings is 1. The standard InChI is InChI=1S/C12H18N4O4/c1-12(2,15(3)4)7-13-10-9(16(19)20)6-5-8(14-10)11(17)18/h5-6H,7H2,1-4H3,(H,13,14)(H,17,18). The number of likely N-dealkylation sites (N-methyl/N-ethyl adjacent to an activating group) is 1. The highest BCUT2D eigenvalue weighted by Crippen LogP contribution is 2.23. The molecule has 0 saturated heterocycles. The SMILES string of the molecule is CN(C)C(C)(C)CNc1nc(C(=O)O)ccc1[N+](=O)[O-]. The number of aromatic carboxylic acids is 1. The molecule has 1 heterocycles. The van der Waals surface area contributed by atoms with Gasteiger partial charge < -0.3 is 15.3 Å². The fourth-order valence-corrected chi connectivity index (χ4v) is 1.31. The van der Waals surface area contributed by atoms with Crippen LogP contribution >= 0.6 is 0 Å². The van der Waals surface area contributed by atoms with Crippen LogP contribution in [0.1, 0.15) is 24.3 Å². The molecule has 0 amide bonds. The maximum absolute atomic E-state index is 10.9. The summed E-state index contributed by atoms with van der Waals surface area (Å²) in [5.41, 5.74) is -0.750. The maximum Gasteiger partial charge on any atom is 0.354 e. The second-order valence-corrected chi connectivity index (χ2v) is 5.19. The fraction of sp³-hybridized carbons (Fsp3) is 0.500. The Kier molecular flexibility index (Phi) is 4.61. The Bertz CT molecular complexity index is 528. The molecular formula is C12H18N4O4. The van der Waals surface area contributed by atoms with E-state index in [0.29, 0.717) is 6.54 Å². The third-order valence-corrected chi connectivity index (χ3v) is 3.19. The van der Waals surface area contributed by atoms with E-state index in [-0.39, 0.29) is 22.7 Å². The van der Waals surface area contributed by atoms with Gasteiger partial charge in [0.25, 0.3) is 0 Å². The molecule has 110 valence electrons. The van der Waals surface area contributed by atoms with Crippen LogP contribution in [-0.4, -0.2) is 52.1 Å². The summed E-state index contributed by atoms with van der Waals surface area (Å²) < 4.78 is 0. The predicted octanol–water partition coefficient (Wildman–Crippen LogP) is 1.44. The summed E-state index contributed by atoms with van der Waals surface area (Å²) in [5, 5.41) is 22.7. The number of nitrogens with one attached hydrogen (secondary N) is 1. The van der Waals surface area contributed by atoms with Crippen LogP contribution in [0.2, 0.25) is 0 Å². The van der Waals surface area contributed by atoms with E-state index in [9.17, 15) is 14.9 Å². The first kappa shape index (κ1) is 15.8. The molecule has 0 aliphatic heterocycles. The van der Waals surface area contributed by atoms with E-state index in [1.165, 1.54) is 0 Å². The highest BCUT2D eigenvalue weighted by atomic mass is 16.6. The summed E-state index contributed by atoms with van der Waals surface area (Å²) >= 11 is 0. The van der Waals surface area contributed by atoms with Crippen LogP contribution in [0.5, 0.6) is 0 Å². The molecule has 0 fully saturated rings. The van der Waals surface area contributed by atoms with Crippen molar-refractivity contribution in [3.05, 3.63) is 27.9 Å². The summed E-state index contributed by atoms with van der Waals surface area (Å²) in [6.45, 7) is 4.29. The van der Waals surface area contributed by atoms with Crippen molar-refractivity contribution in [2.75, 3.05) is 26.0 Å². The van der Waals surface area contributed by atoms with Gasteiger partial charge in [0.1, 0.15) is 0 Å². The molecule has 0 unspecified atom stereocenters. The van der Waals surface area contributed by atoms with Crippen molar-refractivity contribution in [2.45, 2.75) is 19.4 Å². The lowest BCUT2D eigenvalue weighted by Gasteiger charge is -2.32. The Morgan fingerprint density at radius 2 is 2.10 bits per heavy atom. The number of aromatic nitrogens is 1. The molecule has 20 heavy (non-hydrogen) atoms. The summed E-state index contributed by atoms with van der Waals surface area (Å²) in [5.74, 6) is -1.26. The number of nitro groups is 1. The van der Waals surface area contributed by atoms with Crippen molar-refractivity contribution in [1.29, 1.82) is 0 Å². The molecule has 2 N–H and O–H groups in total. The first-order valence-electron chi connectivity index (χ1n) is 5.95. The number of nitrogens with zero attached hydrogens (tertiary/aromatic N) is 3. The second-order valence-electron chi connectivity index (χ2n) is 5.19. The molecule has 1 rings (SSSR count). The smallest absolute Gasteiger partial charge is 0.354 e. The van der Waals surface area contributed by atoms with Gasteiger partial charge in [0.05, 0.1) is 4.92 Å². The number of hydrogen-bond acceptors (Lipinski definition) is 6.